The molecule has 0 radical (unpaired) electrons. The number of rotatable bonds is 9. The minimum Gasteiger partial charge on any atom is -0.484 e. The van der Waals surface area contributed by atoms with Crippen LogP contribution in [0.1, 0.15) is 57.1 Å². The summed E-state index contributed by atoms with van der Waals surface area (Å²) in [5.41, 5.74) is 1.92. The molecule has 1 aliphatic carbocycles. The molecule has 0 saturated heterocycles. The molecule has 0 heterocycles. The molecule has 3 rings (SSSR count). The van der Waals surface area contributed by atoms with Crippen molar-refractivity contribution in [3.63, 3.8) is 0 Å². The number of nitrogens with one attached hydrogen (secondary N) is 1. The van der Waals surface area contributed by atoms with Crippen molar-refractivity contribution in [1.82, 2.24) is 10.2 Å². The van der Waals surface area contributed by atoms with Crippen LogP contribution in [0.4, 0.5) is 0 Å². The largest absolute Gasteiger partial charge is 0.484 e. The number of nitrogens with zero attached hydrogens (tertiary/aromatic N) is 1. The van der Waals surface area contributed by atoms with E-state index in [1.807, 2.05) is 24.3 Å². The molecule has 1 saturated carbocycles. The van der Waals surface area contributed by atoms with Crippen LogP contribution in [0.3, 0.4) is 0 Å². The van der Waals surface area contributed by atoms with Gasteiger partial charge in [0.1, 0.15) is 11.8 Å². The topological polar surface area (TPSA) is 58.6 Å². The molecular weight excluding hydrogens is 459 g/mol. The van der Waals surface area contributed by atoms with E-state index in [0.717, 1.165) is 37.7 Å². The number of hydrogen-bond acceptors (Lipinski definition) is 3. The molecule has 178 valence electrons. The minimum atomic E-state index is -0.669. The minimum absolute atomic E-state index is 0.160. The van der Waals surface area contributed by atoms with Gasteiger partial charge < -0.3 is 15.0 Å². The predicted molar refractivity (Wildman–Crippen MR) is 133 cm³/mol. The highest BCUT2D eigenvalue weighted by atomic mass is 35.5. The quantitative estimate of drug-likeness (QED) is 0.482. The number of aryl methyl sites for hydroxylation is 1. The molecule has 0 aliphatic heterocycles. The number of benzene rings is 2. The van der Waals surface area contributed by atoms with Crippen molar-refractivity contribution in [2.75, 3.05) is 6.61 Å². The molecule has 7 heteroatoms. The van der Waals surface area contributed by atoms with Gasteiger partial charge in [-0.05, 0) is 61.6 Å². The Morgan fingerprint density at radius 3 is 2.42 bits per heavy atom. The average Bonchev–Trinajstić information content (AvgIpc) is 2.82. The van der Waals surface area contributed by atoms with Crippen molar-refractivity contribution in [3.05, 3.63) is 63.6 Å². The molecular formula is C26H32Cl2N2O3. The first-order valence-electron chi connectivity index (χ1n) is 11.6. The van der Waals surface area contributed by atoms with E-state index in [-0.39, 0.29) is 31.0 Å². The van der Waals surface area contributed by atoms with E-state index >= 15 is 0 Å². The van der Waals surface area contributed by atoms with Crippen molar-refractivity contribution >= 4 is 35.0 Å². The van der Waals surface area contributed by atoms with Crippen molar-refractivity contribution in [2.24, 2.45) is 0 Å². The van der Waals surface area contributed by atoms with Crippen LogP contribution in [0.5, 0.6) is 5.75 Å². The van der Waals surface area contributed by atoms with Crippen LogP contribution in [0, 0.1) is 0 Å². The SMILES string of the molecule is CCc1ccc(OCC(=O)N(Cc2ccc(Cl)cc2Cl)C(C)C(=O)NC2CCCCC2)cc1. The second-order valence-corrected chi connectivity index (χ2v) is 9.41. The van der Waals surface area contributed by atoms with Crippen molar-refractivity contribution in [1.29, 1.82) is 0 Å². The number of hydrogen-bond donors (Lipinski definition) is 1. The highest BCUT2D eigenvalue weighted by Gasteiger charge is 2.29. The molecule has 2 aromatic carbocycles. The number of carbonyl (C=O) groups excluding carboxylic acids is 2. The van der Waals surface area contributed by atoms with Gasteiger partial charge in [0.05, 0.1) is 0 Å². The summed E-state index contributed by atoms with van der Waals surface area (Å²) in [5, 5.41) is 4.09. The van der Waals surface area contributed by atoms with Crippen molar-refractivity contribution < 1.29 is 14.3 Å². The Bertz CT molecular complexity index is 943. The van der Waals surface area contributed by atoms with E-state index in [1.165, 1.54) is 16.9 Å². The monoisotopic (exact) mass is 490 g/mol. The third-order valence-corrected chi connectivity index (χ3v) is 6.76. The van der Waals surface area contributed by atoms with Gasteiger partial charge in [0.2, 0.25) is 5.91 Å². The predicted octanol–water partition coefficient (Wildman–Crippen LogP) is 5.80. The number of amides is 2. The first kappa shape index (κ1) is 25.4. The molecule has 5 nitrogen and oxygen atoms in total. The molecule has 1 atom stereocenters. The Labute approximate surface area is 206 Å². The maximum atomic E-state index is 13.2. The third kappa shape index (κ3) is 7.38. The fourth-order valence-electron chi connectivity index (χ4n) is 4.03. The summed E-state index contributed by atoms with van der Waals surface area (Å²) in [5.74, 6) is 0.170. The van der Waals surface area contributed by atoms with Crippen molar-refractivity contribution in [2.45, 2.75) is 71.0 Å². The van der Waals surface area contributed by atoms with Crippen LogP contribution >= 0.6 is 23.2 Å². The van der Waals surface area contributed by atoms with E-state index in [2.05, 4.69) is 12.2 Å². The van der Waals surface area contributed by atoms with Gasteiger partial charge in [0, 0.05) is 22.6 Å². The van der Waals surface area contributed by atoms with Crippen LogP contribution in [0.2, 0.25) is 10.0 Å². The standard InChI is InChI=1S/C26H32Cl2N2O3/c1-3-19-9-13-23(14-10-19)33-17-25(31)30(16-20-11-12-21(27)15-24(20)28)18(2)26(32)29-22-7-5-4-6-8-22/h9-15,18,22H,3-8,16-17H2,1-2H3,(H,29,32). The summed E-state index contributed by atoms with van der Waals surface area (Å²) in [6.45, 7) is 3.85. The van der Waals surface area contributed by atoms with Gasteiger partial charge in [0.15, 0.2) is 6.61 Å². The third-order valence-electron chi connectivity index (χ3n) is 6.17. The van der Waals surface area contributed by atoms with Crippen LogP contribution in [0.15, 0.2) is 42.5 Å². The Balaban J connectivity index is 1.72. The first-order chi connectivity index (χ1) is 15.9. The number of carbonyl (C=O) groups is 2. The first-order valence-corrected chi connectivity index (χ1v) is 12.4. The molecule has 1 aliphatic rings. The summed E-state index contributed by atoms with van der Waals surface area (Å²) < 4.78 is 5.74. The summed E-state index contributed by atoms with van der Waals surface area (Å²) in [6.07, 6.45) is 6.33. The zero-order chi connectivity index (χ0) is 23.8. The molecule has 2 aromatic rings. The molecule has 33 heavy (non-hydrogen) atoms. The Morgan fingerprint density at radius 1 is 1.09 bits per heavy atom. The lowest BCUT2D eigenvalue weighted by Gasteiger charge is -2.31. The second kappa shape index (κ2) is 12.3. The lowest BCUT2D eigenvalue weighted by atomic mass is 9.95. The summed E-state index contributed by atoms with van der Waals surface area (Å²) in [7, 11) is 0. The molecule has 1 fully saturated rings. The Morgan fingerprint density at radius 2 is 1.79 bits per heavy atom. The van der Waals surface area contributed by atoms with Gasteiger partial charge in [-0.15, -0.1) is 0 Å². The molecule has 2 amide bonds. The van der Waals surface area contributed by atoms with E-state index in [1.54, 1.807) is 25.1 Å². The second-order valence-electron chi connectivity index (χ2n) is 8.56. The van der Waals surface area contributed by atoms with E-state index in [0.29, 0.717) is 15.8 Å². The van der Waals surface area contributed by atoms with Gasteiger partial charge in [0.25, 0.3) is 5.91 Å². The van der Waals surface area contributed by atoms with Crippen molar-refractivity contribution in [3.8, 4) is 5.75 Å². The fraction of sp³-hybridized carbons (Fsp3) is 0.462. The number of ether oxygens (including phenoxy) is 1. The van der Waals surface area contributed by atoms with E-state index in [4.69, 9.17) is 27.9 Å². The molecule has 0 bridgehead atoms. The van der Waals surface area contributed by atoms with E-state index in [9.17, 15) is 9.59 Å². The summed E-state index contributed by atoms with van der Waals surface area (Å²) in [6, 6.07) is 12.3. The fourth-order valence-corrected chi connectivity index (χ4v) is 4.50. The lowest BCUT2D eigenvalue weighted by molar-refractivity contribution is -0.142. The maximum absolute atomic E-state index is 13.2. The van der Waals surface area contributed by atoms with Gasteiger partial charge in [-0.3, -0.25) is 9.59 Å². The zero-order valence-corrected chi connectivity index (χ0v) is 20.8. The lowest BCUT2D eigenvalue weighted by Crippen LogP contribution is -2.51. The van der Waals surface area contributed by atoms with Gasteiger partial charge in [-0.2, -0.15) is 0 Å². The van der Waals surface area contributed by atoms with E-state index < -0.39 is 6.04 Å². The highest BCUT2D eigenvalue weighted by Crippen LogP contribution is 2.24. The van der Waals surface area contributed by atoms with Gasteiger partial charge in [-0.25, -0.2) is 0 Å². The average molecular weight is 491 g/mol. The molecule has 0 aromatic heterocycles. The Kier molecular flexibility index (Phi) is 9.45. The Hall–Kier alpha value is -2.24. The van der Waals surface area contributed by atoms with Crippen LogP contribution in [-0.2, 0) is 22.6 Å². The summed E-state index contributed by atoms with van der Waals surface area (Å²) in [4.78, 5) is 27.8. The normalized spacial score (nSPS) is 15.0. The van der Waals surface area contributed by atoms with Crippen LogP contribution < -0.4 is 10.1 Å². The number of halogens is 2. The zero-order valence-electron chi connectivity index (χ0n) is 19.3. The smallest absolute Gasteiger partial charge is 0.261 e. The molecule has 0 spiro atoms. The van der Waals surface area contributed by atoms with Gasteiger partial charge in [-0.1, -0.05) is 67.6 Å². The highest BCUT2D eigenvalue weighted by molar-refractivity contribution is 6.35. The summed E-state index contributed by atoms with van der Waals surface area (Å²) >= 11 is 12.4. The molecule has 1 unspecified atom stereocenters. The van der Waals surface area contributed by atoms with Gasteiger partial charge >= 0.3 is 0 Å². The maximum Gasteiger partial charge on any atom is 0.261 e. The van der Waals surface area contributed by atoms with Crippen LogP contribution in [-0.4, -0.2) is 35.4 Å². The van der Waals surface area contributed by atoms with Crippen LogP contribution in [0.25, 0.3) is 0 Å². The molecule has 1 N–H and O–H groups in total.